The monoisotopic (exact) mass is 554 g/mol. The lowest BCUT2D eigenvalue weighted by Gasteiger charge is -2.27. The van der Waals surface area contributed by atoms with Crippen LogP contribution >= 0.6 is 0 Å². The Morgan fingerprint density at radius 2 is 1.77 bits per heavy atom. The number of aliphatic carboxylic acids is 1. The lowest BCUT2D eigenvalue weighted by molar-refractivity contribution is -0.364. The van der Waals surface area contributed by atoms with Crippen LogP contribution in [0, 0.1) is 5.92 Å². The topological polar surface area (TPSA) is 148 Å². The summed E-state index contributed by atoms with van der Waals surface area (Å²) in [7, 11) is 0. The number of amides is 2. The van der Waals surface area contributed by atoms with Crippen LogP contribution in [-0.4, -0.2) is 46.8 Å². The molecule has 1 atom stereocenters. The zero-order valence-corrected chi connectivity index (χ0v) is 21.0. The minimum Gasteiger partial charge on any atom is -0.542 e. The quantitative estimate of drug-likeness (QED) is 0.386. The standard InChI is InChI=1S/C25H24N6O2.C2HF3O2/c26-24(32)21-7-3-5-17-16-31(29-23(17)21)20-11-9-19(10-12-20)28-25(33)18-6-4-14-30(15-18)22-8-1-2-13-27-22;3-2(4,5)1(6)7/h1-3,5,7-13,16,18H,4,6,14-15H2,(H2,26,32)(H,28,33);(H,6,7). The number of nitrogens with one attached hydrogen (secondary N) is 2. The van der Waals surface area contributed by atoms with Crippen molar-refractivity contribution in [1.82, 2.24) is 9.78 Å². The molecule has 1 unspecified atom stereocenters. The highest BCUT2D eigenvalue weighted by Crippen LogP contribution is 2.23. The van der Waals surface area contributed by atoms with Gasteiger partial charge in [-0.2, -0.15) is 18.3 Å². The van der Waals surface area contributed by atoms with E-state index in [1.165, 1.54) is 0 Å². The molecule has 208 valence electrons. The van der Waals surface area contributed by atoms with Gasteiger partial charge in [0.1, 0.15) is 11.5 Å². The number of primary amides is 1. The number of benzene rings is 2. The summed E-state index contributed by atoms with van der Waals surface area (Å²) in [5, 5.41) is 17.2. The van der Waals surface area contributed by atoms with Crippen LogP contribution in [0.1, 0.15) is 23.2 Å². The Hall–Kier alpha value is -4.94. The van der Waals surface area contributed by atoms with Crippen LogP contribution in [0.15, 0.2) is 73.1 Å². The molecule has 0 aliphatic carbocycles. The molecule has 4 aromatic rings. The predicted octanol–water partition coefficient (Wildman–Crippen LogP) is 2.09. The molecule has 10 nitrogen and oxygen atoms in total. The molecule has 0 spiro atoms. The molecule has 13 heteroatoms. The third kappa shape index (κ3) is 6.73. The third-order valence-electron chi connectivity index (χ3n) is 6.26. The molecule has 2 amide bonds. The Kier molecular flexibility index (Phi) is 8.31. The van der Waals surface area contributed by atoms with Gasteiger partial charge >= 0.3 is 6.18 Å². The van der Waals surface area contributed by atoms with Gasteiger partial charge in [0.15, 0.2) is 0 Å². The van der Waals surface area contributed by atoms with Crippen LogP contribution in [0.3, 0.4) is 0 Å². The van der Waals surface area contributed by atoms with Gasteiger partial charge in [0.25, 0.3) is 11.7 Å². The summed E-state index contributed by atoms with van der Waals surface area (Å²) >= 11 is 0. The molecule has 1 saturated heterocycles. The van der Waals surface area contributed by atoms with Crippen LogP contribution in [0.25, 0.3) is 16.6 Å². The maximum Gasteiger partial charge on any atom is 0.430 e. The van der Waals surface area contributed by atoms with Crippen LogP contribution in [0.4, 0.5) is 24.7 Å². The van der Waals surface area contributed by atoms with Crippen LogP contribution in [-0.2, 0) is 9.59 Å². The Balaban J connectivity index is 0.000000470. The molecule has 5 rings (SSSR count). The molecule has 0 bridgehead atoms. The number of aromatic amines is 1. The number of H-pyrrole nitrogens is 1. The van der Waals surface area contributed by atoms with E-state index in [0.717, 1.165) is 42.0 Å². The number of nitrogens with zero attached hydrogens (tertiary/aromatic N) is 3. The summed E-state index contributed by atoms with van der Waals surface area (Å²) < 4.78 is 33.3. The highest BCUT2D eigenvalue weighted by atomic mass is 19.4. The van der Waals surface area contributed by atoms with Crippen molar-refractivity contribution in [3.05, 3.63) is 78.6 Å². The van der Waals surface area contributed by atoms with Crippen molar-refractivity contribution >= 4 is 40.2 Å². The molecule has 40 heavy (non-hydrogen) atoms. The summed E-state index contributed by atoms with van der Waals surface area (Å²) in [6.45, 7) is 1.63. The van der Waals surface area contributed by atoms with E-state index in [1.54, 1.807) is 16.8 Å². The van der Waals surface area contributed by atoms with E-state index in [1.807, 2.05) is 60.9 Å². The van der Waals surface area contributed by atoms with Gasteiger partial charge in [-0.1, -0.05) is 18.2 Å². The molecule has 0 radical (unpaired) electrons. The molecule has 0 saturated carbocycles. The molecule has 4 N–H and O–H groups in total. The number of nitrogens with two attached hydrogens (primary N) is 1. The van der Waals surface area contributed by atoms with Gasteiger partial charge < -0.3 is 21.0 Å². The fraction of sp³-hybridized carbons (Fsp3) is 0.222. The normalized spacial score (nSPS) is 15.2. The van der Waals surface area contributed by atoms with E-state index in [-0.39, 0.29) is 11.8 Å². The predicted molar refractivity (Wildman–Crippen MR) is 137 cm³/mol. The van der Waals surface area contributed by atoms with E-state index < -0.39 is 18.1 Å². The number of pyridine rings is 1. The lowest BCUT2D eigenvalue weighted by Crippen LogP contribution is -2.42. The van der Waals surface area contributed by atoms with Crippen molar-refractivity contribution < 1.29 is 37.6 Å². The Labute approximate surface area is 226 Å². The van der Waals surface area contributed by atoms with Crippen molar-refractivity contribution in [2.75, 3.05) is 23.3 Å². The number of hydrogen-bond donors (Lipinski definition) is 2. The number of carboxylic acid groups (broad SMARTS) is 1. The molecule has 2 aromatic heterocycles. The maximum atomic E-state index is 12.9. The van der Waals surface area contributed by atoms with E-state index >= 15 is 0 Å². The first-order chi connectivity index (χ1) is 19.0. The summed E-state index contributed by atoms with van der Waals surface area (Å²) in [4.78, 5) is 38.8. The van der Waals surface area contributed by atoms with Gasteiger partial charge in [-0.3, -0.25) is 14.5 Å². The minimum absolute atomic E-state index is 0.0271. The fourth-order valence-electron chi connectivity index (χ4n) is 4.31. The number of fused-ring (bicyclic) bond motifs is 1. The van der Waals surface area contributed by atoms with Gasteiger partial charge in [-0.05, 0) is 49.2 Å². The van der Waals surface area contributed by atoms with Crippen molar-refractivity contribution in [1.29, 1.82) is 0 Å². The number of carbonyl (C=O) groups excluding carboxylic acids is 3. The average Bonchev–Trinajstić information content (AvgIpc) is 3.38. The molecule has 3 heterocycles. The van der Waals surface area contributed by atoms with Gasteiger partial charge in [0.05, 0.1) is 36.5 Å². The first-order valence-electron chi connectivity index (χ1n) is 12.2. The molecule has 1 aliphatic heterocycles. The number of hydrogen-bond acceptors (Lipinski definition) is 6. The number of carboxylic acids is 1. The molecule has 1 aliphatic rings. The molecular formula is C27H25F3N6O4. The second-order valence-corrected chi connectivity index (χ2v) is 9.04. The number of alkyl halides is 3. The van der Waals surface area contributed by atoms with Crippen molar-refractivity contribution in [2.24, 2.45) is 11.7 Å². The Bertz CT molecular complexity index is 1510. The average molecular weight is 555 g/mol. The zero-order valence-electron chi connectivity index (χ0n) is 21.0. The number of anilines is 2. The summed E-state index contributed by atoms with van der Waals surface area (Å²) in [6, 6.07) is 18.8. The van der Waals surface area contributed by atoms with Crippen LogP contribution in [0.2, 0.25) is 0 Å². The van der Waals surface area contributed by atoms with Gasteiger partial charge in [0, 0.05) is 23.3 Å². The second kappa shape index (κ2) is 11.8. The number of aromatic nitrogens is 3. The van der Waals surface area contributed by atoms with E-state index in [4.69, 9.17) is 15.6 Å². The minimum atomic E-state index is -5.19. The molecular weight excluding hydrogens is 529 g/mol. The summed E-state index contributed by atoms with van der Waals surface area (Å²) in [5.74, 6) is -2.52. The summed E-state index contributed by atoms with van der Waals surface area (Å²) in [5.41, 5.74) is 7.99. The first kappa shape index (κ1) is 28.1. The number of rotatable bonds is 5. The second-order valence-electron chi connectivity index (χ2n) is 9.04. The fourth-order valence-corrected chi connectivity index (χ4v) is 4.31. The third-order valence-corrected chi connectivity index (χ3v) is 6.26. The molecule has 1 fully saturated rings. The largest absolute Gasteiger partial charge is 0.542 e. The Morgan fingerprint density at radius 1 is 1.05 bits per heavy atom. The van der Waals surface area contributed by atoms with Gasteiger partial charge in [-0.15, -0.1) is 0 Å². The van der Waals surface area contributed by atoms with Gasteiger partial charge in [0.2, 0.25) is 5.91 Å². The lowest BCUT2D eigenvalue weighted by atomic mass is 9.97. The van der Waals surface area contributed by atoms with Crippen molar-refractivity contribution in [2.45, 2.75) is 19.0 Å². The Morgan fingerprint density at radius 3 is 2.40 bits per heavy atom. The number of carbonyl (C=O) groups is 3. The SMILES string of the molecule is NC(=O)c1cccc2cn(-c3ccc(NC(=O)C4CCCN(c5cccc[nH+]5)C4)cc3)nc12.O=C([O-])C(F)(F)F. The van der Waals surface area contributed by atoms with Crippen LogP contribution in [0.5, 0.6) is 0 Å². The van der Waals surface area contributed by atoms with Crippen molar-refractivity contribution in [3.8, 4) is 5.69 Å². The van der Waals surface area contributed by atoms with Gasteiger partial charge in [-0.25, -0.2) is 9.67 Å². The van der Waals surface area contributed by atoms with E-state index in [0.29, 0.717) is 17.6 Å². The first-order valence-corrected chi connectivity index (χ1v) is 12.2. The smallest absolute Gasteiger partial charge is 0.430 e. The van der Waals surface area contributed by atoms with Crippen molar-refractivity contribution in [3.63, 3.8) is 0 Å². The van der Waals surface area contributed by atoms with E-state index in [9.17, 15) is 22.8 Å². The highest BCUT2D eigenvalue weighted by molar-refractivity contribution is 6.04. The van der Waals surface area contributed by atoms with Crippen LogP contribution < -0.4 is 26.0 Å². The van der Waals surface area contributed by atoms with E-state index in [2.05, 4.69) is 20.3 Å². The number of halogens is 3. The summed E-state index contributed by atoms with van der Waals surface area (Å²) in [6.07, 6.45) is 0.402. The number of piperidine rings is 1. The highest BCUT2D eigenvalue weighted by Gasteiger charge is 2.31. The molecule has 2 aromatic carbocycles. The maximum absolute atomic E-state index is 12.9. The zero-order chi connectivity index (χ0) is 28.9.